The van der Waals surface area contributed by atoms with Crippen LogP contribution < -0.4 is 5.73 Å². The highest BCUT2D eigenvalue weighted by Gasteiger charge is 1.99. The Morgan fingerprint density at radius 1 is 1.45 bits per heavy atom. The Labute approximate surface area is 76.2 Å². The largest absolute Gasteiger partial charge is 0.397 e. The number of pyridine rings is 1. The van der Waals surface area contributed by atoms with E-state index in [2.05, 4.69) is 20.9 Å². The van der Waals surface area contributed by atoms with Crippen LogP contribution in [0.15, 0.2) is 22.1 Å². The molecule has 0 aliphatic rings. The second-order valence-corrected chi connectivity index (χ2v) is 4.67. The number of nitrogen functional groups attached to an aromatic ring is 1. The molecule has 0 unspecified atom stereocenters. The average Bonchev–Trinajstić information content (AvgIpc) is 2.27. The van der Waals surface area contributed by atoms with Crippen LogP contribution in [0.3, 0.4) is 0 Å². The molecule has 2 N–H and O–H groups in total. The molecule has 56 valence electrons. The van der Waals surface area contributed by atoms with Crippen molar-refractivity contribution < 1.29 is 0 Å². The normalized spacial score (nSPS) is 10.6. The van der Waals surface area contributed by atoms with Crippen molar-refractivity contribution in [1.82, 2.24) is 4.98 Å². The van der Waals surface area contributed by atoms with Gasteiger partial charge < -0.3 is 5.73 Å². The van der Waals surface area contributed by atoms with Gasteiger partial charge in [-0.1, -0.05) is 0 Å². The van der Waals surface area contributed by atoms with Gasteiger partial charge in [-0.2, -0.15) is 0 Å². The highest BCUT2D eigenvalue weighted by atomic mass is 79.9. The molecule has 0 bridgehead atoms. The Hall–Kier alpha value is -0.610. The van der Waals surface area contributed by atoms with Crippen LogP contribution in [0.25, 0.3) is 10.2 Å². The molecule has 0 fully saturated rings. The number of rotatable bonds is 0. The number of hydrogen-bond donors (Lipinski definition) is 1. The fraction of sp³-hybridized carbons (Fsp3) is 0. The minimum Gasteiger partial charge on any atom is -0.397 e. The number of anilines is 1. The van der Waals surface area contributed by atoms with Crippen LogP contribution >= 0.6 is 27.3 Å². The van der Waals surface area contributed by atoms with Gasteiger partial charge in [0.25, 0.3) is 0 Å². The van der Waals surface area contributed by atoms with Gasteiger partial charge in [0.05, 0.1) is 25.9 Å². The third-order valence-corrected chi connectivity index (χ3v) is 2.93. The van der Waals surface area contributed by atoms with E-state index in [0.29, 0.717) is 5.69 Å². The molecule has 2 nitrogen and oxygen atoms in total. The SMILES string of the molecule is Nc1cnc2cc(Br)sc2c1. The van der Waals surface area contributed by atoms with Crippen LogP contribution in [0.1, 0.15) is 0 Å². The summed E-state index contributed by atoms with van der Waals surface area (Å²) in [5.74, 6) is 0. The lowest BCUT2D eigenvalue weighted by Gasteiger charge is -1.89. The minimum atomic E-state index is 0.715. The Morgan fingerprint density at radius 2 is 2.27 bits per heavy atom. The molecule has 0 atom stereocenters. The van der Waals surface area contributed by atoms with Crippen LogP contribution in [0, 0.1) is 0 Å². The van der Waals surface area contributed by atoms with Gasteiger partial charge in [0.15, 0.2) is 0 Å². The van der Waals surface area contributed by atoms with Gasteiger partial charge in [-0.05, 0) is 28.1 Å². The number of halogens is 1. The Morgan fingerprint density at radius 3 is 3.09 bits per heavy atom. The van der Waals surface area contributed by atoms with Crippen molar-refractivity contribution in [3.8, 4) is 0 Å². The molecule has 2 aromatic rings. The first-order valence-electron chi connectivity index (χ1n) is 3.06. The van der Waals surface area contributed by atoms with Crippen LogP contribution in [0.4, 0.5) is 5.69 Å². The van der Waals surface area contributed by atoms with E-state index in [-0.39, 0.29) is 0 Å². The van der Waals surface area contributed by atoms with Crippen molar-refractivity contribution in [1.29, 1.82) is 0 Å². The van der Waals surface area contributed by atoms with Gasteiger partial charge in [0, 0.05) is 0 Å². The van der Waals surface area contributed by atoms with E-state index in [1.165, 1.54) is 0 Å². The second kappa shape index (κ2) is 2.46. The fourth-order valence-electron chi connectivity index (χ4n) is 0.902. The molecule has 2 aromatic heterocycles. The minimum absolute atomic E-state index is 0.715. The van der Waals surface area contributed by atoms with E-state index in [1.807, 2.05) is 12.1 Å². The van der Waals surface area contributed by atoms with Gasteiger partial charge in [0.1, 0.15) is 0 Å². The first-order chi connectivity index (χ1) is 5.25. The highest BCUT2D eigenvalue weighted by Crippen LogP contribution is 2.28. The highest BCUT2D eigenvalue weighted by molar-refractivity contribution is 9.11. The fourth-order valence-corrected chi connectivity index (χ4v) is 2.43. The maximum absolute atomic E-state index is 5.56. The van der Waals surface area contributed by atoms with E-state index in [1.54, 1.807) is 17.5 Å². The topological polar surface area (TPSA) is 38.9 Å². The summed E-state index contributed by atoms with van der Waals surface area (Å²) in [7, 11) is 0. The summed E-state index contributed by atoms with van der Waals surface area (Å²) in [6.45, 7) is 0. The van der Waals surface area contributed by atoms with Crippen LogP contribution in [0.2, 0.25) is 0 Å². The zero-order valence-corrected chi connectivity index (χ0v) is 7.95. The van der Waals surface area contributed by atoms with Crippen molar-refractivity contribution in [2.75, 3.05) is 5.73 Å². The third kappa shape index (κ3) is 1.23. The lowest BCUT2D eigenvalue weighted by atomic mass is 10.4. The van der Waals surface area contributed by atoms with Crippen molar-refractivity contribution in [2.24, 2.45) is 0 Å². The van der Waals surface area contributed by atoms with E-state index in [0.717, 1.165) is 14.0 Å². The predicted octanol–water partition coefficient (Wildman–Crippen LogP) is 2.64. The van der Waals surface area contributed by atoms with Gasteiger partial charge in [-0.3, -0.25) is 4.98 Å². The summed E-state index contributed by atoms with van der Waals surface area (Å²) in [4.78, 5) is 4.16. The molecule has 0 radical (unpaired) electrons. The standard InChI is InChI=1S/C7H5BrN2S/c8-7-2-5-6(11-7)1-4(9)3-10-5/h1-3H,9H2. The van der Waals surface area contributed by atoms with Crippen LogP contribution in [-0.4, -0.2) is 4.98 Å². The maximum Gasteiger partial charge on any atom is 0.0823 e. The molecule has 0 aliphatic heterocycles. The van der Waals surface area contributed by atoms with Gasteiger partial charge in [0.2, 0.25) is 0 Å². The number of fused-ring (bicyclic) bond motifs is 1. The number of nitrogens with zero attached hydrogens (tertiary/aromatic N) is 1. The first kappa shape index (κ1) is 7.06. The molecular weight excluding hydrogens is 224 g/mol. The van der Waals surface area contributed by atoms with E-state index >= 15 is 0 Å². The number of nitrogens with two attached hydrogens (primary N) is 1. The molecule has 4 heteroatoms. The molecule has 2 rings (SSSR count). The van der Waals surface area contributed by atoms with Crippen LogP contribution in [-0.2, 0) is 0 Å². The molecule has 2 heterocycles. The van der Waals surface area contributed by atoms with E-state index < -0.39 is 0 Å². The second-order valence-electron chi connectivity index (χ2n) is 2.20. The summed E-state index contributed by atoms with van der Waals surface area (Å²) >= 11 is 5.03. The molecule has 0 aromatic carbocycles. The molecule has 0 aliphatic carbocycles. The van der Waals surface area contributed by atoms with Crippen molar-refractivity contribution in [2.45, 2.75) is 0 Å². The summed E-state index contributed by atoms with van der Waals surface area (Å²) in [5.41, 5.74) is 7.27. The summed E-state index contributed by atoms with van der Waals surface area (Å²) in [5, 5.41) is 0. The van der Waals surface area contributed by atoms with Crippen molar-refractivity contribution in [3.05, 3.63) is 22.1 Å². The third-order valence-electron chi connectivity index (χ3n) is 1.36. The summed E-state index contributed by atoms with van der Waals surface area (Å²) in [6, 6.07) is 3.91. The first-order valence-corrected chi connectivity index (χ1v) is 4.67. The zero-order valence-electron chi connectivity index (χ0n) is 5.54. The molecule has 0 saturated carbocycles. The summed E-state index contributed by atoms with van der Waals surface area (Å²) in [6.07, 6.45) is 1.67. The summed E-state index contributed by atoms with van der Waals surface area (Å²) < 4.78 is 2.21. The number of aromatic nitrogens is 1. The smallest absolute Gasteiger partial charge is 0.0823 e. The van der Waals surface area contributed by atoms with Gasteiger partial charge >= 0.3 is 0 Å². The Balaban J connectivity index is 2.82. The van der Waals surface area contributed by atoms with Crippen molar-refractivity contribution in [3.63, 3.8) is 0 Å². The molecule has 11 heavy (non-hydrogen) atoms. The lowest BCUT2D eigenvalue weighted by Crippen LogP contribution is -1.83. The van der Waals surface area contributed by atoms with Gasteiger partial charge in [-0.25, -0.2) is 0 Å². The zero-order chi connectivity index (χ0) is 7.84. The Bertz CT molecular complexity index is 396. The number of thiophene rings is 1. The molecular formula is C7H5BrN2S. The van der Waals surface area contributed by atoms with E-state index in [4.69, 9.17) is 5.73 Å². The monoisotopic (exact) mass is 228 g/mol. The molecule has 0 spiro atoms. The molecule has 0 amide bonds. The molecule has 0 saturated heterocycles. The van der Waals surface area contributed by atoms with Crippen molar-refractivity contribution >= 4 is 43.2 Å². The maximum atomic E-state index is 5.56. The van der Waals surface area contributed by atoms with E-state index in [9.17, 15) is 0 Å². The van der Waals surface area contributed by atoms with Gasteiger partial charge in [-0.15, -0.1) is 11.3 Å². The van der Waals surface area contributed by atoms with Crippen LogP contribution in [0.5, 0.6) is 0 Å². The quantitative estimate of drug-likeness (QED) is 0.754. The average molecular weight is 229 g/mol. The lowest BCUT2D eigenvalue weighted by molar-refractivity contribution is 1.43. The predicted molar refractivity (Wildman–Crippen MR) is 51.7 cm³/mol. The Kier molecular flexibility index (Phi) is 1.58. The number of hydrogen-bond acceptors (Lipinski definition) is 3.